The summed E-state index contributed by atoms with van der Waals surface area (Å²) in [5.74, 6) is 4.06. The zero-order chi connectivity index (χ0) is 24.2. The molecule has 3 heterocycles. The normalized spacial score (nSPS) is 11.9. The molecule has 0 amide bonds. The number of benzene rings is 2. The number of hydrogen-bond acceptors (Lipinski definition) is 10. The predicted molar refractivity (Wildman–Crippen MR) is 135 cm³/mol. The Balaban J connectivity index is 1.22. The van der Waals surface area contributed by atoms with E-state index in [0.29, 0.717) is 35.2 Å². The van der Waals surface area contributed by atoms with E-state index in [1.807, 2.05) is 30.3 Å². The Morgan fingerprint density at radius 2 is 1.74 bits per heavy atom. The summed E-state index contributed by atoms with van der Waals surface area (Å²) < 4.78 is 21.6. The van der Waals surface area contributed by atoms with Gasteiger partial charge in [0.15, 0.2) is 23.0 Å². The van der Waals surface area contributed by atoms with Crippen molar-refractivity contribution in [2.45, 2.75) is 19.3 Å². The molecular formula is C25H23N5O4S. The summed E-state index contributed by atoms with van der Waals surface area (Å²) in [6.45, 7) is 0.274. The van der Waals surface area contributed by atoms with Crippen LogP contribution in [0, 0.1) is 0 Å². The zero-order valence-electron chi connectivity index (χ0n) is 19.3. The molecule has 5 rings (SSSR count). The molecule has 9 nitrogen and oxygen atoms in total. The molecule has 1 aliphatic heterocycles. The molecule has 35 heavy (non-hydrogen) atoms. The predicted octanol–water partition coefficient (Wildman–Crippen LogP) is 4.45. The van der Waals surface area contributed by atoms with Crippen LogP contribution < -0.4 is 24.3 Å². The topological polar surface area (TPSA) is 101 Å². The molecule has 1 N–H and O–H groups in total. The third-order valence-corrected chi connectivity index (χ3v) is 5.94. The molecule has 2 aromatic carbocycles. The SMILES string of the molecule is COc1cc2ncnc(Nc3cnc(CC(=S)CCc4ccc5c(c4)OCO5)nc3)c2cc1OC. The van der Waals surface area contributed by atoms with Gasteiger partial charge in [0.2, 0.25) is 6.79 Å². The first-order valence-corrected chi connectivity index (χ1v) is 11.4. The Morgan fingerprint density at radius 1 is 0.971 bits per heavy atom. The van der Waals surface area contributed by atoms with Crippen LogP contribution in [0.5, 0.6) is 23.0 Å². The lowest BCUT2D eigenvalue weighted by molar-refractivity contribution is 0.174. The fraction of sp³-hybridized carbons (Fsp3) is 0.240. The number of methoxy groups -OCH3 is 2. The Labute approximate surface area is 207 Å². The second-order valence-corrected chi connectivity index (χ2v) is 8.44. The van der Waals surface area contributed by atoms with Gasteiger partial charge in [0.1, 0.15) is 18.0 Å². The van der Waals surface area contributed by atoms with E-state index in [4.69, 9.17) is 31.2 Å². The molecule has 0 aliphatic carbocycles. The van der Waals surface area contributed by atoms with Gasteiger partial charge < -0.3 is 24.3 Å². The zero-order valence-corrected chi connectivity index (χ0v) is 20.1. The van der Waals surface area contributed by atoms with Crippen molar-refractivity contribution in [1.82, 2.24) is 19.9 Å². The lowest BCUT2D eigenvalue weighted by atomic mass is 10.1. The van der Waals surface area contributed by atoms with Crippen LogP contribution in [0.4, 0.5) is 11.5 Å². The van der Waals surface area contributed by atoms with Crippen molar-refractivity contribution < 1.29 is 18.9 Å². The number of rotatable bonds is 9. The van der Waals surface area contributed by atoms with Crippen molar-refractivity contribution in [3.8, 4) is 23.0 Å². The van der Waals surface area contributed by atoms with Gasteiger partial charge in [-0.25, -0.2) is 19.9 Å². The number of nitrogens with one attached hydrogen (secondary N) is 1. The summed E-state index contributed by atoms with van der Waals surface area (Å²) >= 11 is 5.58. The molecule has 0 atom stereocenters. The lowest BCUT2D eigenvalue weighted by Gasteiger charge is -2.12. The van der Waals surface area contributed by atoms with E-state index in [1.54, 1.807) is 26.6 Å². The van der Waals surface area contributed by atoms with Crippen LogP contribution in [0.15, 0.2) is 49.1 Å². The number of hydrogen-bond donors (Lipinski definition) is 1. The molecular weight excluding hydrogens is 466 g/mol. The molecule has 0 fully saturated rings. The van der Waals surface area contributed by atoms with Gasteiger partial charge in [-0.05, 0) is 36.6 Å². The molecule has 4 aromatic rings. The average molecular weight is 490 g/mol. The van der Waals surface area contributed by atoms with Gasteiger partial charge in [-0.3, -0.25) is 0 Å². The van der Waals surface area contributed by atoms with Gasteiger partial charge in [-0.2, -0.15) is 0 Å². The summed E-state index contributed by atoms with van der Waals surface area (Å²) in [4.78, 5) is 18.5. The number of fused-ring (bicyclic) bond motifs is 2. The largest absolute Gasteiger partial charge is 0.493 e. The Hall–Kier alpha value is -4.05. The van der Waals surface area contributed by atoms with Gasteiger partial charge in [0.05, 0.1) is 37.8 Å². The molecule has 2 aromatic heterocycles. The first-order valence-electron chi connectivity index (χ1n) is 11.0. The van der Waals surface area contributed by atoms with Crippen LogP contribution in [0.25, 0.3) is 10.9 Å². The van der Waals surface area contributed by atoms with Gasteiger partial charge in [0, 0.05) is 22.7 Å². The van der Waals surface area contributed by atoms with Gasteiger partial charge in [0.25, 0.3) is 0 Å². The summed E-state index contributed by atoms with van der Waals surface area (Å²) in [5.41, 5.74) is 2.59. The molecule has 0 unspecified atom stereocenters. The van der Waals surface area contributed by atoms with Gasteiger partial charge in [-0.1, -0.05) is 18.3 Å². The van der Waals surface area contributed by atoms with E-state index in [0.717, 1.165) is 45.7 Å². The van der Waals surface area contributed by atoms with Crippen LogP contribution in [0.1, 0.15) is 17.8 Å². The van der Waals surface area contributed by atoms with Crippen molar-refractivity contribution in [1.29, 1.82) is 0 Å². The van der Waals surface area contributed by atoms with E-state index < -0.39 is 0 Å². The summed E-state index contributed by atoms with van der Waals surface area (Å²) in [5, 5.41) is 4.05. The molecule has 0 spiro atoms. The molecule has 0 saturated heterocycles. The highest BCUT2D eigenvalue weighted by Crippen LogP contribution is 2.34. The maximum absolute atomic E-state index is 5.58. The third kappa shape index (κ3) is 5.07. The van der Waals surface area contributed by atoms with Gasteiger partial charge >= 0.3 is 0 Å². The smallest absolute Gasteiger partial charge is 0.231 e. The van der Waals surface area contributed by atoms with Crippen molar-refractivity contribution in [3.63, 3.8) is 0 Å². The van der Waals surface area contributed by atoms with Crippen molar-refractivity contribution in [2.24, 2.45) is 0 Å². The van der Waals surface area contributed by atoms with E-state index >= 15 is 0 Å². The fourth-order valence-corrected chi connectivity index (χ4v) is 4.01. The first-order chi connectivity index (χ1) is 17.1. The Bertz CT molecular complexity index is 1380. The Kier molecular flexibility index (Phi) is 6.53. The maximum Gasteiger partial charge on any atom is 0.231 e. The number of anilines is 2. The van der Waals surface area contributed by atoms with E-state index in [1.165, 1.54) is 6.33 Å². The minimum absolute atomic E-state index is 0.274. The van der Waals surface area contributed by atoms with E-state index in [-0.39, 0.29) is 6.79 Å². The Morgan fingerprint density at radius 3 is 2.54 bits per heavy atom. The molecule has 0 radical (unpaired) electrons. The fourth-order valence-electron chi connectivity index (χ4n) is 3.77. The van der Waals surface area contributed by atoms with Crippen LogP contribution in [-0.2, 0) is 12.8 Å². The number of aromatic nitrogens is 4. The van der Waals surface area contributed by atoms with Crippen molar-refractivity contribution in [3.05, 3.63) is 60.4 Å². The maximum atomic E-state index is 5.58. The van der Waals surface area contributed by atoms with Gasteiger partial charge in [-0.15, -0.1) is 0 Å². The third-order valence-electron chi connectivity index (χ3n) is 5.59. The standard InChI is InChI=1S/C25H23N5O4S/c1-31-21-9-18-19(10-22(21)32-2)28-13-29-25(18)30-16-11-26-24(27-12-16)8-17(35)5-3-15-4-6-20-23(7-15)34-14-33-20/h4,6-7,9-13H,3,5,8,14H2,1-2H3,(H,28,29,30). The number of nitrogens with zero attached hydrogens (tertiary/aromatic N) is 4. The minimum atomic E-state index is 0.274. The summed E-state index contributed by atoms with van der Waals surface area (Å²) in [6.07, 6.45) is 7.05. The van der Waals surface area contributed by atoms with E-state index in [2.05, 4.69) is 25.3 Å². The summed E-state index contributed by atoms with van der Waals surface area (Å²) in [6, 6.07) is 9.62. The number of thiocarbonyl (C=S) groups is 1. The lowest BCUT2D eigenvalue weighted by Crippen LogP contribution is -2.06. The molecule has 0 bridgehead atoms. The monoisotopic (exact) mass is 489 g/mol. The summed E-state index contributed by atoms with van der Waals surface area (Å²) in [7, 11) is 3.18. The number of aryl methyl sites for hydroxylation is 1. The average Bonchev–Trinajstić information content (AvgIpc) is 3.36. The van der Waals surface area contributed by atoms with E-state index in [9.17, 15) is 0 Å². The highest BCUT2D eigenvalue weighted by Gasteiger charge is 2.14. The molecule has 10 heteroatoms. The van der Waals surface area contributed by atoms with Crippen molar-refractivity contribution >= 4 is 39.5 Å². The molecule has 0 saturated carbocycles. The van der Waals surface area contributed by atoms with Crippen LogP contribution in [-0.4, -0.2) is 45.8 Å². The second-order valence-electron chi connectivity index (χ2n) is 7.86. The van der Waals surface area contributed by atoms with Crippen LogP contribution in [0.3, 0.4) is 0 Å². The highest BCUT2D eigenvalue weighted by molar-refractivity contribution is 7.80. The first kappa shape index (κ1) is 22.7. The number of ether oxygens (including phenoxy) is 4. The van der Waals surface area contributed by atoms with Crippen molar-refractivity contribution in [2.75, 3.05) is 26.3 Å². The second kappa shape index (κ2) is 10.1. The van der Waals surface area contributed by atoms with Crippen LogP contribution in [0.2, 0.25) is 0 Å². The quantitative estimate of drug-likeness (QED) is 0.339. The minimum Gasteiger partial charge on any atom is -0.493 e. The molecule has 178 valence electrons. The molecule has 1 aliphatic rings. The van der Waals surface area contributed by atoms with Crippen LogP contribution >= 0.6 is 12.2 Å². The highest BCUT2D eigenvalue weighted by atomic mass is 32.1.